The molecular formula is C13H24N2O2. The molecule has 3 atom stereocenters. The molecule has 3 unspecified atom stereocenters. The highest BCUT2D eigenvalue weighted by Gasteiger charge is 2.33. The van der Waals surface area contributed by atoms with Crippen LogP contribution in [0.2, 0.25) is 0 Å². The van der Waals surface area contributed by atoms with E-state index in [2.05, 4.69) is 6.92 Å². The number of amides is 1. The summed E-state index contributed by atoms with van der Waals surface area (Å²) in [4.78, 5) is 14.4. The van der Waals surface area contributed by atoms with Crippen LogP contribution >= 0.6 is 0 Å². The fourth-order valence-electron chi connectivity index (χ4n) is 2.80. The summed E-state index contributed by atoms with van der Waals surface area (Å²) in [5.74, 6) is 0.661. The second-order valence-electron chi connectivity index (χ2n) is 5.37. The lowest BCUT2D eigenvalue weighted by molar-refractivity contribution is -0.150. The second-order valence-corrected chi connectivity index (χ2v) is 5.37. The Morgan fingerprint density at radius 1 is 1.35 bits per heavy atom. The van der Waals surface area contributed by atoms with Crippen LogP contribution in [0.15, 0.2) is 0 Å². The van der Waals surface area contributed by atoms with E-state index in [0.29, 0.717) is 18.5 Å². The van der Waals surface area contributed by atoms with Gasteiger partial charge in [-0.15, -0.1) is 0 Å². The van der Waals surface area contributed by atoms with Gasteiger partial charge in [0.25, 0.3) is 5.91 Å². The summed E-state index contributed by atoms with van der Waals surface area (Å²) >= 11 is 0. The lowest BCUT2D eigenvalue weighted by Gasteiger charge is -2.40. The molecule has 17 heavy (non-hydrogen) atoms. The number of rotatable bonds is 2. The first-order valence-electron chi connectivity index (χ1n) is 6.84. The average Bonchev–Trinajstić information content (AvgIpc) is 2.39. The van der Waals surface area contributed by atoms with E-state index in [4.69, 9.17) is 10.5 Å². The largest absolute Gasteiger partial charge is 0.368 e. The molecule has 0 aromatic carbocycles. The first-order valence-corrected chi connectivity index (χ1v) is 6.84. The lowest BCUT2D eigenvalue weighted by atomic mass is 9.92. The van der Waals surface area contributed by atoms with Crippen LogP contribution in [0.1, 0.15) is 39.0 Å². The van der Waals surface area contributed by atoms with E-state index >= 15 is 0 Å². The Morgan fingerprint density at radius 3 is 2.82 bits per heavy atom. The molecule has 4 heteroatoms. The van der Waals surface area contributed by atoms with Crippen molar-refractivity contribution in [1.82, 2.24) is 4.90 Å². The van der Waals surface area contributed by atoms with Gasteiger partial charge in [0, 0.05) is 19.2 Å². The number of likely N-dealkylation sites (tertiary alicyclic amines) is 1. The van der Waals surface area contributed by atoms with Crippen LogP contribution in [-0.2, 0) is 9.53 Å². The van der Waals surface area contributed by atoms with Crippen LogP contribution in [0.25, 0.3) is 0 Å². The molecule has 0 aromatic rings. The van der Waals surface area contributed by atoms with Crippen LogP contribution in [0.3, 0.4) is 0 Å². The average molecular weight is 240 g/mol. The molecule has 4 nitrogen and oxygen atoms in total. The fraction of sp³-hybridized carbons (Fsp3) is 0.923. The van der Waals surface area contributed by atoms with Crippen LogP contribution in [0.5, 0.6) is 0 Å². The highest BCUT2D eigenvalue weighted by Crippen LogP contribution is 2.24. The van der Waals surface area contributed by atoms with Crippen molar-refractivity contribution in [2.45, 2.75) is 51.2 Å². The molecule has 0 bridgehead atoms. The summed E-state index contributed by atoms with van der Waals surface area (Å²) in [6.45, 7) is 4.37. The van der Waals surface area contributed by atoms with Crippen molar-refractivity contribution < 1.29 is 9.53 Å². The van der Waals surface area contributed by atoms with Gasteiger partial charge in [-0.2, -0.15) is 0 Å². The van der Waals surface area contributed by atoms with Crippen molar-refractivity contribution in [1.29, 1.82) is 0 Å². The highest BCUT2D eigenvalue weighted by atomic mass is 16.5. The first-order chi connectivity index (χ1) is 8.22. The van der Waals surface area contributed by atoms with Crippen LogP contribution in [-0.4, -0.2) is 42.6 Å². The van der Waals surface area contributed by atoms with Gasteiger partial charge in [0.15, 0.2) is 0 Å². The number of hydrogen-bond acceptors (Lipinski definition) is 3. The van der Waals surface area contributed by atoms with Gasteiger partial charge in [-0.3, -0.25) is 4.79 Å². The lowest BCUT2D eigenvalue weighted by Crippen LogP contribution is -2.51. The third-order valence-electron chi connectivity index (χ3n) is 4.05. The summed E-state index contributed by atoms with van der Waals surface area (Å²) in [6.07, 6.45) is 5.11. The molecule has 98 valence electrons. The Kier molecular flexibility index (Phi) is 4.40. The Morgan fingerprint density at radius 2 is 2.18 bits per heavy atom. The maximum Gasteiger partial charge on any atom is 0.251 e. The molecule has 0 aromatic heterocycles. The minimum absolute atomic E-state index is 0.190. The monoisotopic (exact) mass is 240 g/mol. The quantitative estimate of drug-likeness (QED) is 0.787. The molecule has 2 N–H and O–H groups in total. The highest BCUT2D eigenvalue weighted by molar-refractivity contribution is 5.81. The molecule has 2 heterocycles. The summed E-state index contributed by atoms with van der Waals surface area (Å²) < 4.78 is 5.59. The Labute approximate surface area is 103 Å². The van der Waals surface area contributed by atoms with E-state index < -0.39 is 0 Å². The maximum atomic E-state index is 12.4. The van der Waals surface area contributed by atoms with Gasteiger partial charge in [-0.1, -0.05) is 0 Å². The number of ether oxygens (including phenoxy) is 1. The van der Waals surface area contributed by atoms with Gasteiger partial charge in [-0.25, -0.2) is 0 Å². The third-order valence-corrected chi connectivity index (χ3v) is 4.05. The molecule has 2 aliphatic heterocycles. The Hall–Kier alpha value is -0.610. The first kappa shape index (κ1) is 12.8. The van der Waals surface area contributed by atoms with E-state index in [1.165, 1.54) is 0 Å². The van der Waals surface area contributed by atoms with Gasteiger partial charge < -0.3 is 15.4 Å². The van der Waals surface area contributed by atoms with E-state index in [1.807, 2.05) is 4.90 Å². The van der Waals surface area contributed by atoms with E-state index in [0.717, 1.165) is 45.3 Å². The minimum atomic E-state index is -0.192. The second kappa shape index (κ2) is 5.83. The van der Waals surface area contributed by atoms with Crippen LogP contribution < -0.4 is 5.73 Å². The molecular weight excluding hydrogens is 216 g/mol. The Bertz CT molecular complexity index is 264. The maximum absolute atomic E-state index is 12.4. The number of carbonyl (C=O) groups is 1. The summed E-state index contributed by atoms with van der Waals surface area (Å²) in [7, 11) is 0. The van der Waals surface area contributed by atoms with E-state index in [1.54, 1.807) is 0 Å². The van der Waals surface area contributed by atoms with Gasteiger partial charge in [0.2, 0.25) is 0 Å². The number of nitrogens with zero attached hydrogens (tertiary/aromatic N) is 1. The molecule has 0 radical (unpaired) electrons. The van der Waals surface area contributed by atoms with Crippen molar-refractivity contribution in [2.75, 3.05) is 19.7 Å². The molecule has 0 saturated carbocycles. The minimum Gasteiger partial charge on any atom is -0.368 e. The predicted octanol–water partition coefficient (Wildman–Crippen LogP) is 1.14. The zero-order chi connectivity index (χ0) is 12.3. The summed E-state index contributed by atoms with van der Waals surface area (Å²) in [5, 5.41) is 0. The Balaban J connectivity index is 1.95. The molecule has 0 spiro atoms. The third kappa shape index (κ3) is 2.99. The number of hydrogen-bond donors (Lipinski definition) is 1. The van der Waals surface area contributed by atoms with Crippen molar-refractivity contribution in [2.24, 2.45) is 11.7 Å². The van der Waals surface area contributed by atoms with Crippen LogP contribution in [0, 0.1) is 5.92 Å². The van der Waals surface area contributed by atoms with Crippen molar-refractivity contribution in [3.05, 3.63) is 0 Å². The number of nitrogens with two attached hydrogens (primary N) is 1. The standard InChI is InChI=1S/C13H24N2O2/c1-10-5-6-11(8-14)9-15(10)13(16)12-4-2-3-7-17-12/h10-12H,2-9,14H2,1H3. The molecule has 0 aliphatic carbocycles. The summed E-state index contributed by atoms with van der Waals surface area (Å²) in [5.41, 5.74) is 5.72. The van der Waals surface area contributed by atoms with Gasteiger partial charge in [0.1, 0.15) is 6.10 Å². The fourth-order valence-corrected chi connectivity index (χ4v) is 2.80. The molecule has 2 saturated heterocycles. The van der Waals surface area contributed by atoms with Crippen molar-refractivity contribution >= 4 is 5.91 Å². The number of carbonyl (C=O) groups excluding carboxylic acids is 1. The topological polar surface area (TPSA) is 55.6 Å². The SMILES string of the molecule is CC1CCC(CN)CN1C(=O)C1CCCCO1. The van der Waals surface area contributed by atoms with E-state index in [9.17, 15) is 4.79 Å². The molecule has 2 fully saturated rings. The van der Waals surface area contributed by atoms with Crippen molar-refractivity contribution in [3.8, 4) is 0 Å². The van der Waals surface area contributed by atoms with Crippen LogP contribution in [0.4, 0.5) is 0 Å². The predicted molar refractivity (Wildman–Crippen MR) is 66.5 cm³/mol. The van der Waals surface area contributed by atoms with Gasteiger partial charge >= 0.3 is 0 Å². The smallest absolute Gasteiger partial charge is 0.251 e. The normalized spacial score (nSPS) is 34.7. The molecule has 2 aliphatic rings. The molecule has 2 rings (SSSR count). The van der Waals surface area contributed by atoms with E-state index in [-0.39, 0.29) is 12.0 Å². The van der Waals surface area contributed by atoms with Crippen molar-refractivity contribution in [3.63, 3.8) is 0 Å². The molecule has 1 amide bonds. The summed E-state index contributed by atoms with van der Waals surface area (Å²) in [6, 6.07) is 0.343. The zero-order valence-corrected chi connectivity index (χ0v) is 10.7. The van der Waals surface area contributed by atoms with Gasteiger partial charge in [-0.05, 0) is 51.5 Å². The van der Waals surface area contributed by atoms with Gasteiger partial charge in [0.05, 0.1) is 0 Å². The number of piperidine rings is 1. The zero-order valence-electron chi connectivity index (χ0n) is 10.7.